The highest BCUT2D eigenvalue weighted by atomic mass is 127. The number of halogens is 1. The van der Waals surface area contributed by atoms with Gasteiger partial charge < -0.3 is 14.1 Å². The van der Waals surface area contributed by atoms with Crippen LogP contribution in [0.15, 0.2) is 59.2 Å². The molecule has 3 aromatic rings. The Labute approximate surface area is 195 Å². The Hall–Kier alpha value is -2.39. The molecule has 2 aromatic carbocycles. The van der Waals surface area contributed by atoms with Gasteiger partial charge in [0.05, 0.1) is 18.6 Å². The minimum absolute atomic E-state index is 0.101. The standard InChI is InChI=1S/C24H25IN2O4/c25-19-7-5-17(6-8-19)23(28)18-9-13-27(14-10-18)12-2-15-31-24(29)26-21-3-1-4-22-20(21)11-16-30-22/h1,3-8,11,16,18H,2,9-10,12-15H2,(H,26,29). The van der Waals surface area contributed by atoms with Crippen molar-refractivity contribution < 1.29 is 18.7 Å². The number of nitrogens with zero attached hydrogens (tertiary/aromatic N) is 1. The second-order valence-electron chi connectivity index (χ2n) is 7.74. The predicted octanol–water partition coefficient (Wildman–Crippen LogP) is 5.57. The summed E-state index contributed by atoms with van der Waals surface area (Å²) in [6.45, 7) is 3.01. The molecule has 4 rings (SSSR count). The number of benzene rings is 2. The van der Waals surface area contributed by atoms with Gasteiger partial charge in [-0.15, -0.1) is 0 Å². The normalized spacial score (nSPS) is 15.1. The molecule has 7 heteroatoms. The minimum Gasteiger partial charge on any atom is -0.464 e. The lowest BCUT2D eigenvalue weighted by Crippen LogP contribution is -2.37. The fourth-order valence-corrected chi connectivity index (χ4v) is 4.33. The highest BCUT2D eigenvalue weighted by Crippen LogP contribution is 2.24. The number of Topliss-reactive ketones (excluding diaryl/α,β-unsaturated/α-hetero) is 1. The van der Waals surface area contributed by atoms with E-state index in [4.69, 9.17) is 9.15 Å². The summed E-state index contributed by atoms with van der Waals surface area (Å²) < 4.78 is 11.8. The van der Waals surface area contributed by atoms with Gasteiger partial charge in [0.1, 0.15) is 5.58 Å². The number of hydrogen-bond acceptors (Lipinski definition) is 5. The van der Waals surface area contributed by atoms with Crippen LogP contribution in [0.25, 0.3) is 11.0 Å². The summed E-state index contributed by atoms with van der Waals surface area (Å²) in [7, 11) is 0. The van der Waals surface area contributed by atoms with Crippen molar-refractivity contribution in [2.24, 2.45) is 5.92 Å². The first kappa shape index (κ1) is 21.8. The number of rotatable bonds is 7. The zero-order valence-electron chi connectivity index (χ0n) is 17.2. The van der Waals surface area contributed by atoms with E-state index in [-0.39, 0.29) is 11.7 Å². The first-order valence-electron chi connectivity index (χ1n) is 10.5. The molecule has 1 fully saturated rings. The van der Waals surface area contributed by atoms with Crippen LogP contribution in [0, 0.1) is 9.49 Å². The van der Waals surface area contributed by atoms with E-state index >= 15 is 0 Å². The monoisotopic (exact) mass is 532 g/mol. The SMILES string of the molecule is O=C(Nc1cccc2occc12)OCCCN1CCC(C(=O)c2ccc(I)cc2)CC1. The Balaban J connectivity index is 1.15. The Morgan fingerprint density at radius 2 is 1.87 bits per heavy atom. The number of carbonyl (C=O) groups is 2. The molecule has 1 N–H and O–H groups in total. The van der Waals surface area contributed by atoms with Crippen molar-refractivity contribution in [3.63, 3.8) is 0 Å². The van der Waals surface area contributed by atoms with Crippen LogP contribution in [0.3, 0.4) is 0 Å². The third-order valence-corrected chi connectivity index (χ3v) is 6.39. The van der Waals surface area contributed by atoms with Gasteiger partial charge >= 0.3 is 6.09 Å². The molecule has 1 aliphatic heterocycles. The van der Waals surface area contributed by atoms with Crippen LogP contribution in [0.4, 0.5) is 10.5 Å². The number of nitrogens with one attached hydrogen (secondary N) is 1. The maximum absolute atomic E-state index is 12.7. The molecule has 0 bridgehead atoms. The van der Waals surface area contributed by atoms with Gasteiger partial charge in [-0.05, 0) is 85.3 Å². The van der Waals surface area contributed by atoms with E-state index in [0.717, 1.165) is 59.0 Å². The van der Waals surface area contributed by atoms with Crippen molar-refractivity contribution in [1.29, 1.82) is 0 Å². The van der Waals surface area contributed by atoms with Gasteiger partial charge in [0.2, 0.25) is 0 Å². The van der Waals surface area contributed by atoms with Crippen molar-refractivity contribution in [2.75, 3.05) is 31.6 Å². The zero-order chi connectivity index (χ0) is 21.6. The van der Waals surface area contributed by atoms with Crippen LogP contribution >= 0.6 is 22.6 Å². The molecule has 1 aromatic heterocycles. The molecule has 1 aliphatic rings. The van der Waals surface area contributed by atoms with Gasteiger partial charge in [0.25, 0.3) is 0 Å². The second-order valence-corrected chi connectivity index (χ2v) is 8.99. The van der Waals surface area contributed by atoms with Crippen molar-refractivity contribution in [3.8, 4) is 0 Å². The molecule has 0 spiro atoms. The molecule has 2 heterocycles. The number of anilines is 1. The molecule has 1 saturated heterocycles. The van der Waals surface area contributed by atoms with Crippen LogP contribution in [-0.4, -0.2) is 43.0 Å². The van der Waals surface area contributed by atoms with E-state index in [9.17, 15) is 9.59 Å². The lowest BCUT2D eigenvalue weighted by atomic mass is 9.89. The summed E-state index contributed by atoms with van der Waals surface area (Å²) in [5, 5.41) is 3.62. The second kappa shape index (κ2) is 10.3. The van der Waals surface area contributed by atoms with Crippen molar-refractivity contribution in [3.05, 3.63) is 63.9 Å². The number of amides is 1. The maximum Gasteiger partial charge on any atom is 0.411 e. The van der Waals surface area contributed by atoms with Crippen LogP contribution < -0.4 is 5.32 Å². The first-order chi connectivity index (χ1) is 15.1. The van der Waals surface area contributed by atoms with Crippen molar-refractivity contribution in [1.82, 2.24) is 4.90 Å². The van der Waals surface area contributed by atoms with E-state index in [0.29, 0.717) is 12.3 Å². The molecule has 31 heavy (non-hydrogen) atoms. The summed E-state index contributed by atoms with van der Waals surface area (Å²) in [5.41, 5.74) is 2.21. The van der Waals surface area contributed by atoms with Gasteiger partial charge in [-0.2, -0.15) is 0 Å². The lowest BCUT2D eigenvalue weighted by molar-refractivity contribution is 0.0830. The molecule has 0 aliphatic carbocycles. The van der Waals surface area contributed by atoms with E-state index < -0.39 is 6.09 Å². The average molecular weight is 532 g/mol. The fourth-order valence-electron chi connectivity index (χ4n) is 3.97. The summed E-state index contributed by atoms with van der Waals surface area (Å²) in [6.07, 6.45) is 3.65. The predicted molar refractivity (Wildman–Crippen MR) is 128 cm³/mol. The molecule has 0 radical (unpaired) electrons. The fraction of sp³-hybridized carbons (Fsp3) is 0.333. The van der Waals surface area contributed by atoms with Gasteiger partial charge in [-0.3, -0.25) is 10.1 Å². The molecule has 1 amide bonds. The summed E-state index contributed by atoms with van der Waals surface area (Å²) >= 11 is 2.25. The number of ketones is 1. The van der Waals surface area contributed by atoms with Crippen LogP contribution in [0.5, 0.6) is 0 Å². The van der Waals surface area contributed by atoms with Gasteiger partial charge in [0, 0.05) is 27.0 Å². The number of piperidine rings is 1. The topological polar surface area (TPSA) is 71.8 Å². The zero-order valence-corrected chi connectivity index (χ0v) is 19.3. The number of fused-ring (bicyclic) bond motifs is 1. The molecular weight excluding hydrogens is 507 g/mol. The third-order valence-electron chi connectivity index (χ3n) is 5.67. The largest absolute Gasteiger partial charge is 0.464 e. The summed E-state index contributed by atoms with van der Waals surface area (Å²) in [5.74, 6) is 0.354. The summed E-state index contributed by atoms with van der Waals surface area (Å²) in [4.78, 5) is 27.1. The number of furan rings is 1. The quantitative estimate of drug-likeness (QED) is 0.245. The van der Waals surface area contributed by atoms with Crippen LogP contribution in [-0.2, 0) is 4.74 Å². The number of likely N-dealkylation sites (tertiary alicyclic amines) is 1. The molecular formula is C24H25IN2O4. The lowest BCUT2D eigenvalue weighted by Gasteiger charge is -2.31. The van der Waals surface area contributed by atoms with Crippen molar-refractivity contribution in [2.45, 2.75) is 19.3 Å². The first-order valence-corrected chi connectivity index (χ1v) is 11.6. The Kier molecular flexibility index (Phi) is 7.24. The minimum atomic E-state index is -0.462. The highest BCUT2D eigenvalue weighted by Gasteiger charge is 2.25. The van der Waals surface area contributed by atoms with Crippen LogP contribution in [0.2, 0.25) is 0 Å². The number of hydrogen-bond donors (Lipinski definition) is 1. The smallest absolute Gasteiger partial charge is 0.411 e. The third kappa shape index (κ3) is 5.65. The Bertz CT molecular complexity index is 1040. The molecule has 0 atom stereocenters. The van der Waals surface area contributed by atoms with E-state index in [1.807, 2.05) is 48.5 Å². The molecule has 6 nitrogen and oxygen atoms in total. The van der Waals surface area contributed by atoms with Gasteiger partial charge in [-0.25, -0.2) is 4.79 Å². The van der Waals surface area contributed by atoms with Gasteiger partial charge in [0.15, 0.2) is 5.78 Å². The van der Waals surface area contributed by atoms with E-state index in [2.05, 4.69) is 32.8 Å². The number of ether oxygens (including phenoxy) is 1. The van der Waals surface area contributed by atoms with Crippen molar-refractivity contribution >= 4 is 51.1 Å². The molecule has 0 saturated carbocycles. The summed E-state index contributed by atoms with van der Waals surface area (Å²) in [6, 6.07) is 15.1. The average Bonchev–Trinajstić information content (AvgIpc) is 3.27. The maximum atomic E-state index is 12.7. The highest BCUT2D eigenvalue weighted by molar-refractivity contribution is 14.1. The van der Waals surface area contributed by atoms with E-state index in [1.54, 1.807) is 6.26 Å². The van der Waals surface area contributed by atoms with Gasteiger partial charge in [-0.1, -0.05) is 18.2 Å². The Morgan fingerprint density at radius 1 is 1.10 bits per heavy atom. The number of carbonyl (C=O) groups excluding carboxylic acids is 2. The Morgan fingerprint density at radius 3 is 2.65 bits per heavy atom. The molecule has 162 valence electrons. The van der Waals surface area contributed by atoms with Crippen LogP contribution in [0.1, 0.15) is 29.6 Å². The molecule has 0 unspecified atom stereocenters. The van der Waals surface area contributed by atoms with E-state index in [1.165, 1.54) is 0 Å².